The largest absolute Gasteiger partial charge is 0.507 e. The Kier molecular flexibility index (Phi) is 4.86. The highest BCUT2D eigenvalue weighted by Crippen LogP contribution is 2.29. The molecule has 2 rings (SSSR count). The predicted molar refractivity (Wildman–Crippen MR) is 85.8 cm³/mol. The van der Waals surface area contributed by atoms with E-state index in [0.717, 1.165) is 5.56 Å². The Hall–Kier alpha value is -2.00. The van der Waals surface area contributed by atoms with Crippen molar-refractivity contribution in [3.05, 3.63) is 59.2 Å². The van der Waals surface area contributed by atoms with Crippen molar-refractivity contribution in [3.8, 4) is 11.5 Å². The fraction of sp³-hybridized carbons (Fsp3) is 0.333. The van der Waals surface area contributed by atoms with Gasteiger partial charge in [0.1, 0.15) is 11.5 Å². The lowest BCUT2D eigenvalue weighted by molar-refractivity contribution is 0.402. The van der Waals surface area contributed by atoms with Crippen molar-refractivity contribution in [3.63, 3.8) is 0 Å². The standard InChI is InChI=1S/C18H23NO2/c1-12-6-5-7-15(10-12)13(2)19-14(3)17-9-8-16(21-4)11-18(17)20/h5-11,13-14,19-20H,1-4H3/t13-,14?/m0/s1. The summed E-state index contributed by atoms with van der Waals surface area (Å²) in [5, 5.41) is 13.6. The molecule has 0 aromatic heterocycles. The molecule has 3 heteroatoms. The number of nitrogens with one attached hydrogen (secondary N) is 1. The van der Waals surface area contributed by atoms with Crippen molar-refractivity contribution in [1.82, 2.24) is 5.32 Å². The number of benzene rings is 2. The molecule has 0 heterocycles. The zero-order valence-electron chi connectivity index (χ0n) is 13.1. The van der Waals surface area contributed by atoms with Crippen molar-refractivity contribution >= 4 is 0 Å². The molecule has 3 nitrogen and oxygen atoms in total. The van der Waals surface area contributed by atoms with Crippen LogP contribution < -0.4 is 10.1 Å². The topological polar surface area (TPSA) is 41.5 Å². The van der Waals surface area contributed by atoms with Gasteiger partial charge in [0.2, 0.25) is 0 Å². The smallest absolute Gasteiger partial charge is 0.124 e. The first kappa shape index (κ1) is 15.4. The van der Waals surface area contributed by atoms with Crippen LogP contribution in [0.25, 0.3) is 0 Å². The molecule has 0 bridgehead atoms. The van der Waals surface area contributed by atoms with Gasteiger partial charge in [-0.25, -0.2) is 0 Å². The second-order valence-corrected chi connectivity index (χ2v) is 5.45. The predicted octanol–water partition coefficient (Wildman–Crippen LogP) is 4.12. The van der Waals surface area contributed by atoms with Crippen LogP contribution in [0.15, 0.2) is 42.5 Å². The van der Waals surface area contributed by atoms with E-state index in [1.54, 1.807) is 13.2 Å². The molecule has 0 fully saturated rings. The van der Waals surface area contributed by atoms with Crippen LogP contribution in [0.3, 0.4) is 0 Å². The Balaban J connectivity index is 2.12. The minimum absolute atomic E-state index is 0.0476. The third-order valence-corrected chi connectivity index (χ3v) is 3.75. The molecule has 0 saturated heterocycles. The number of rotatable bonds is 5. The van der Waals surface area contributed by atoms with Crippen LogP contribution in [-0.4, -0.2) is 12.2 Å². The monoisotopic (exact) mass is 285 g/mol. The second-order valence-electron chi connectivity index (χ2n) is 5.45. The van der Waals surface area contributed by atoms with Gasteiger partial charge in [0.05, 0.1) is 7.11 Å². The van der Waals surface area contributed by atoms with Gasteiger partial charge in [0.15, 0.2) is 0 Å². The summed E-state index contributed by atoms with van der Waals surface area (Å²) in [6.45, 7) is 6.27. The fourth-order valence-electron chi connectivity index (χ4n) is 2.52. The minimum Gasteiger partial charge on any atom is -0.507 e. The molecule has 112 valence electrons. The second kappa shape index (κ2) is 6.64. The van der Waals surface area contributed by atoms with Gasteiger partial charge >= 0.3 is 0 Å². The number of hydrogen-bond acceptors (Lipinski definition) is 3. The molecule has 0 aliphatic carbocycles. The number of ether oxygens (including phenoxy) is 1. The van der Waals surface area contributed by atoms with Crippen LogP contribution in [0.4, 0.5) is 0 Å². The number of aromatic hydroxyl groups is 1. The van der Waals surface area contributed by atoms with E-state index in [0.29, 0.717) is 5.75 Å². The van der Waals surface area contributed by atoms with E-state index in [2.05, 4.69) is 43.4 Å². The molecule has 2 aromatic rings. The molecule has 0 amide bonds. The first-order valence-electron chi connectivity index (χ1n) is 7.20. The number of methoxy groups -OCH3 is 1. The normalized spacial score (nSPS) is 13.7. The SMILES string of the molecule is COc1ccc(C(C)N[C@@H](C)c2cccc(C)c2)c(O)c1. The molecule has 0 aliphatic rings. The van der Waals surface area contributed by atoms with E-state index in [9.17, 15) is 5.11 Å². The maximum absolute atomic E-state index is 10.1. The quantitative estimate of drug-likeness (QED) is 0.868. The van der Waals surface area contributed by atoms with Crippen LogP contribution in [0.2, 0.25) is 0 Å². The third kappa shape index (κ3) is 3.76. The van der Waals surface area contributed by atoms with Gasteiger partial charge in [-0.15, -0.1) is 0 Å². The van der Waals surface area contributed by atoms with E-state index < -0.39 is 0 Å². The average molecular weight is 285 g/mol. The van der Waals surface area contributed by atoms with Gasteiger partial charge < -0.3 is 15.2 Å². The molecule has 0 radical (unpaired) electrons. The molecule has 0 aliphatic heterocycles. The molecule has 0 saturated carbocycles. The van der Waals surface area contributed by atoms with Crippen LogP contribution in [-0.2, 0) is 0 Å². The summed E-state index contributed by atoms with van der Waals surface area (Å²) in [7, 11) is 1.59. The molecule has 2 atom stereocenters. The van der Waals surface area contributed by atoms with E-state index in [4.69, 9.17) is 4.74 Å². The van der Waals surface area contributed by atoms with Gasteiger partial charge in [-0.05, 0) is 32.4 Å². The Bertz CT molecular complexity index is 610. The van der Waals surface area contributed by atoms with E-state index >= 15 is 0 Å². The van der Waals surface area contributed by atoms with E-state index in [1.807, 2.05) is 19.1 Å². The maximum Gasteiger partial charge on any atom is 0.124 e. The summed E-state index contributed by atoms with van der Waals surface area (Å²) >= 11 is 0. The number of phenolic OH excluding ortho intramolecular Hbond substituents is 1. The summed E-state index contributed by atoms with van der Waals surface area (Å²) in [4.78, 5) is 0. The summed E-state index contributed by atoms with van der Waals surface area (Å²) in [5.74, 6) is 0.918. The highest BCUT2D eigenvalue weighted by molar-refractivity contribution is 5.41. The first-order chi connectivity index (χ1) is 10.0. The maximum atomic E-state index is 10.1. The zero-order valence-corrected chi connectivity index (χ0v) is 13.1. The van der Waals surface area contributed by atoms with Gasteiger partial charge in [-0.2, -0.15) is 0 Å². The summed E-state index contributed by atoms with van der Waals surface area (Å²) in [5.41, 5.74) is 3.37. The number of aryl methyl sites for hydroxylation is 1. The molecule has 2 N–H and O–H groups in total. The van der Waals surface area contributed by atoms with Gasteiger partial charge in [0.25, 0.3) is 0 Å². The molecular formula is C18H23NO2. The van der Waals surface area contributed by atoms with Crippen LogP contribution >= 0.6 is 0 Å². The molecule has 1 unspecified atom stereocenters. The number of phenols is 1. The Labute approximate surface area is 126 Å². The average Bonchev–Trinajstić information content (AvgIpc) is 2.46. The van der Waals surface area contributed by atoms with Crippen molar-refractivity contribution < 1.29 is 9.84 Å². The van der Waals surface area contributed by atoms with Crippen LogP contribution in [0.1, 0.15) is 42.6 Å². The molecule has 21 heavy (non-hydrogen) atoms. The van der Waals surface area contributed by atoms with Gasteiger partial charge in [0, 0.05) is 23.7 Å². The molecule has 2 aromatic carbocycles. The van der Waals surface area contributed by atoms with E-state index in [1.165, 1.54) is 11.1 Å². The lowest BCUT2D eigenvalue weighted by Crippen LogP contribution is -2.22. The number of hydrogen-bond donors (Lipinski definition) is 2. The lowest BCUT2D eigenvalue weighted by atomic mass is 10.0. The lowest BCUT2D eigenvalue weighted by Gasteiger charge is -2.22. The Morgan fingerprint density at radius 2 is 1.81 bits per heavy atom. The highest BCUT2D eigenvalue weighted by atomic mass is 16.5. The van der Waals surface area contributed by atoms with Crippen molar-refractivity contribution in [2.45, 2.75) is 32.9 Å². The van der Waals surface area contributed by atoms with Crippen LogP contribution in [0.5, 0.6) is 11.5 Å². The highest BCUT2D eigenvalue weighted by Gasteiger charge is 2.14. The third-order valence-electron chi connectivity index (χ3n) is 3.75. The zero-order chi connectivity index (χ0) is 15.4. The van der Waals surface area contributed by atoms with Crippen LogP contribution in [0, 0.1) is 6.92 Å². The molecule has 0 spiro atoms. The van der Waals surface area contributed by atoms with Gasteiger partial charge in [-0.3, -0.25) is 0 Å². The summed E-state index contributed by atoms with van der Waals surface area (Å²) in [6.07, 6.45) is 0. The fourth-order valence-corrected chi connectivity index (χ4v) is 2.52. The molecular weight excluding hydrogens is 262 g/mol. The summed E-state index contributed by atoms with van der Waals surface area (Å²) in [6, 6.07) is 14.1. The van der Waals surface area contributed by atoms with Gasteiger partial charge in [-0.1, -0.05) is 35.9 Å². The Morgan fingerprint density at radius 3 is 2.43 bits per heavy atom. The van der Waals surface area contributed by atoms with Crippen molar-refractivity contribution in [1.29, 1.82) is 0 Å². The summed E-state index contributed by atoms with van der Waals surface area (Å²) < 4.78 is 5.11. The first-order valence-corrected chi connectivity index (χ1v) is 7.20. The van der Waals surface area contributed by atoms with Crippen molar-refractivity contribution in [2.24, 2.45) is 0 Å². The van der Waals surface area contributed by atoms with Crippen molar-refractivity contribution in [2.75, 3.05) is 7.11 Å². The van der Waals surface area contributed by atoms with E-state index in [-0.39, 0.29) is 17.8 Å². The minimum atomic E-state index is 0.0476. The Morgan fingerprint density at radius 1 is 1.05 bits per heavy atom.